The van der Waals surface area contributed by atoms with Crippen molar-refractivity contribution in [2.45, 2.75) is 58.5 Å². The van der Waals surface area contributed by atoms with Crippen LogP contribution in [0.5, 0.6) is 5.75 Å². The summed E-state index contributed by atoms with van der Waals surface area (Å²) in [4.78, 5) is 41.8. The minimum absolute atomic E-state index is 0.0962. The van der Waals surface area contributed by atoms with E-state index >= 15 is 0 Å². The molecule has 0 bridgehead atoms. The van der Waals surface area contributed by atoms with Crippen LogP contribution in [0.2, 0.25) is 0 Å². The van der Waals surface area contributed by atoms with Crippen LogP contribution in [-0.4, -0.2) is 74.9 Å². The van der Waals surface area contributed by atoms with Crippen molar-refractivity contribution >= 4 is 28.6 Å². The highest BCUT2D eigenvalue weighted by atomic mass is 16.5. The first-order chi connectivity index (χ1) is 19.1. The summed E-state index contributed by atoms with van der Waals surface area (Å²) in [6.07, 6.45) is 2.09. The number of nitriles is 1. The number of rotatable bonds is 14. The van der Waals surface area contributed by atoms with Gasteiger partial charge in [-0.3, -0.25) is 14.4 Å². The Balaban J connectivity index is 1.68. The quantitative estimate of drug-likeness (QED) is 0.261. The Hall–Kier alpha value is -3.62. The van der Waals surface area contributed by atoms with Gasteiger partial charge in [-0.05, 0) is 49.3 Å². The van der Waals surface area contributed by atoms with Gasteiger partial charge < -0.3 is 35.1 Å². The number of nitrogens with one attached hydrogen (secondary N) is 4. The highest BCUT2D eigenvalue weighted by Gasteiger charge is 2.31. The summed E-state index contributed by atoms with van der Waals surface area (Å²) >= 11 is 0. The fourth-order valence-electron chi connectivity index (χ4n) is 4.65. The third-order valence-electron chi connectivity index (χ3n) is 6.62. The number of aromatic nitrogens is 1. The molecule has 11 nitrogen and oxygen atoms in total. The number of nitrogens with zero attached hydrogens (tertiary/aromatic N) is 1. The number of piperidine rings is 1. The summed E-state index contributed by atoms with van der Waals surface area (Å²) in [6.45, 7) is 8.27. The van der Waals surface area contributed by atoms with E-state index in [1.165, 1.54) is 0 Å². The minimum Gasteiger partial charge on any atom is -0.490 e. The monoisotopic (exact) mass is 555 g/mol. The number of aromatic amines is 1. The van der Waals surface area contributed by atoms with Gasteiger partial charge in [0.15, 0.2) is 0 Å². The molecule has 3 amide bonds. The summed E-state index contributed by atoms with van der Waals surface area (Å²) < 4.78 is 16.3. The largest absolute Gasteiger partial charge is 0.490 e. The number of carbonyl (C=O) groups excluding carboxylic acids is 3. The minimum atomic E-state index is -0.880. The second kappa shape index (κ2) is 14.7. The third kappa shape index (κ3) is 9.24. The zero-order valence-electron chi connectivity index (χ0n) is 23.8. The number of carbonyl (C=O) groups is 3. The Morgan fingerprint density at radius 2 is 1.95 bits per heavy atom. The molecule has 1 aromatic carbocycles. The van der Waals surface area contributed by atoms with Crippen LogP contribution in [-0.2, 0) is 19.1 Å². The van der Waals surface area contributed by atoms with Crippen LogP contribution in [0.3, 0.4) is 0 Å². The molecule has 1 saturated heterocycles. The van der Waals surface area contributed by atoms with Crippen LogP contribution >= 0.6 is 0 Å². The fraction of sp³-hybridized carbons (Fsp3) is 0.586. The first-order valence-corrected chi connectivity index (χ1v) is 13.7. The summed E-state index contributed by atoms with van der Waals surface area (Å²) in [5.41, 5.74) is 0.716. The molecule has 2 heterocycles. The van der Waals surface area contributed by atoms with Crippen molar-refractivity contribution in [2.75, 3.05) is 40.1 Å². The lowest BCUT2D eigenvalue weighted by Gasteiger charge is -2.28. The average molecular weight is 556 g/mol. The Morgan fingerprint density at radius 1 is 1.18 bits per heavy atom. The van der Waals surface area contributed by atoms with Crippen LogP contribution in [0, 0.1) is 22.7 Å². The molecule has 3 rings (SSSR count). The normalized spacial score (nSPS) is 17.0. The average Bonchev–Trinajstić information content (AvgIpc) is 3.36. The van der Waals surface area contributed by atoms with Gasteiger partial charge in [0, 0.05) is 30.5 Å². The molecular formula is C29H41N5O6. The maximum absolute atomic E-state index is 13.3. The van der Waals surface area contributed by atoms with Crippen molar-refractivity contribution in [1.29, 1.82) is 5.26 Å². The lowest BCUT2D eigenvalue weighted by molar-refractivity contribution is -0.128. The number of hydrogen-bond donors (Lipinski definition) is 4. The maximum atomic E-state index is 13.3. The number of benzene rings is 1. The van der Waals surface area contributed by atoms with Gasteiger partial charge in [0.05, 0.1) is 25.9 Å². The summed E-state index contributed by atoms with van der Waals surface area (Å²) in [6, 6.07) is 7.55. The molecule has 2 aromatic rings. The Kier molecular flexibility index (Phi) is 11.3. The first kappa shape index (κ1) is 30.9. The topological polar surface area (TPSA) is 155 Å². The predicted octanol–water partition coefficient (Wildman–Crippen LogP) is 2.67. The number of hydrogen-bond acceptors (Lipinski definition) is 7. The van der Waals surface area contributed by atoms with Crippen LogP contribution < -0.4 is 20.7 Å². The number of H-pyrrole nitrogens is 1. The molecule has 1 aliphatic rings. The number of methoxy groups -OCH3 is 1. The van der Waals surface area contributed by atoms with Gasteiger partial charge in [-0.25, -0.2) is 0 Å². The molecule has 1 aliphatic heterocycles. The lowest BCUT2D eigenvalue weighted by Crippen LogP contribution is -2.51. The van der Waals surface area contributed by atoms with E-state index in [1.807, 2.05) is 39.0 Å². The number of amides is 3. The van der Waals surface area contributed by atoms with Crippen LogP contribution in [0.25, 0.3) is 10.9 Å². The van der Waals surface area contributed by atoms with Gasteiger partial charge in [0.2, 0.25) is 11.8 Å². The highest BCUT2D eigenvalue weighted by molar-refractivity contribution is 6.01. The second-order valence-electron chi connectivity index (χ2n) is 11.2. The van der Waals surface area contributed by atoms with Crippen molar-refractivity contribution < 1.29 is 28.6 Å². The first-order valence-electron chi connectivity index (χ1n) is 13.7. The van der Waals surface area contributed by atoms with E-state index in [2.05, 4.69) is 27.0 Å². The smallest absolute Gasteiger partial charge is 0.268 e. The Bertz CT molecular complexity index is 1200. The Morgan fingerprint density at radius 3 is 2.65 bits per heavy atom. The zero-order valence-corrected chi connectivity index (χ0v) is 23.8. The van der Waals surface area contributed by atoms with Gasteiger partial charge in [0.25, 0.3) is 5.91 Å². The third-order valence-corrected chi connectivity index (χ3v) is 6.62. The Labute approximate surface area is 235 Å². The van der Waals surface area contributed by atoms with E-state index in [4.69, 9.17) is 14.2 Å². The van der Waals surface area contributed by atoms with Gasteiger partial charge in [-0.1, -0.05) is 26.8 Å². The van der Waals surface area contributed by atoms with Crippen LogP contribution in [0.15, 0.2) is 24.3 Å². The maximum Gasteiger partial charge on any atom is 0.268 e. The van der Waals surface area contributed by atoms with E-state index in [9.17, 15) is 19.6 Å². The van der Waals surface area contributed by atoms with E-state index in [-0.39, 0.29) is 29.4 Å². The molecule has 2 unspecified atom stereocenters. The molecule has 0 aliphatic carbocycles. The molecule has 40 heavy (non-hydrogen) atoms. The van der Waals surface area contributed by atoms with Gasteiger partial charge in [-0.2, -0.15) is 5.26 Å². The van der Waals surface area contributed by atoms with E-state index < -0.39 is 23.9 Å². The van der Waals surface area contributed by atoms with Crippen molar-refractivity contribution in [2.24, 2.45) is 11.3 Å². The van der Waals surface area contributed by atoms with Gasteiger partial charge in [-0.15, -0.1) is 0 Å². The lowest BCUT2D eigenvalue weighted by atomic mass is 9.87. The summed E-state index contributed by atoms with van der Waals surface area (Å²) in [5.74, 6) is -0.722. The van der Waals surface area contributed by atoms with E-state index in [1.54, 1.807) is 13.2 Å². The van der Waals surface area contributed by atoms with Gasteiger partial charge in [0.1, 0.15) is 30.1 Å². The molecule has 11 heteroatoms. The van der Waals surface area contributed by atoms with Crippen LogP contribution in [0.4, 0.5) is 0 Å². The highest BCUT2D eigenvalue weighted by Crippen LogP contribution is 2.27. The van der Waals surface area contributed by atoms with Gasteiger partial charge >= 0.3 is 0 Å². The van der Waals surface area contributed by atoms with E-state index in [0.29, 0.717) is 51.6 Å². The SMILES string of the molecule is COCCOCCOc1cccc2[nH]c(C(=O)NC(CC(C)(C)C)C(=O)NC(C#N)C[C@@H]3CCCNC3=O)cc12. The number of ether oxygens (including phenoxy) is 3. The van der Waals surface area contributed by atoms with Crippen molar-refractivity contribution in [3.8, 4) is 11.8 Å². The zero-order chi connectivity index (χ0) is 29.1. The van der Waals surface area contributed by atoms with Crippen molar-refractivity contribution in [1.82, 2.24) is 20.9 Å². The second-order valence-corrected chi connectivity index (χ2v) is 11.2. The fourth-order valence-corrected chi connectivity index (χ4v) is 4.65. The van der Waals surface area contributed by atoms with Crippen LogP contribution in [0.1, 0.15) is 56.9 Å². The summed E-state index contributed by atoms with van der Waals surface area (Å²) in [7, 11) is 1.61. The standard InChI is InChI=1S/C29H41N5O6/c1-29(2,3)17-24(28(37)32-20(18-30)15-19-7-6-10-31-26(19)35)34-27(36)23-16-21-22(33-23)8-5-9-25(21)40-14-13-39-12-11-38-4/h5,8-9,16,19-20,24,33H,6-7,10-15,17H2,1-4H3,(H,31,35)(H,32,37)(H,34,36)/t19-,20?,24?/m0/s1. The van der Waals surface area contributed by atoms with Crippen molar-refractivity contribution in [3.05, 3.63) is 30.0 Å². The molecule has 0 spiro atoms. The molecular weight excluding hydrogens is 514 g/mol. The molecule has 3 atom stereocenters. The molecule has 1 fully saturated rings. The summed E-state index contributed by atoms with van der Waals surface area (Å²) in [5, 5.41) is 18.8. The van der Waals surface area contributed by atoms with E-state index in [0.717, 1.165) is 17.3 Å². The predicted molar refractivity (Wildman–Crippen MR) is 150 cm³/mol. The number of fused-ring (bicyclic) bond motifs is 1. The van der Waals surface area contributed by atoms with Crippen molar-refractivity contribution in [3.63, 3.8) is 0 Å². The molecule has 1 aromatic heterocycles. The molecule has 218 valence electrons. The molecule has 0 radical (unpaired) electrons. The molecule has 4 N–H and O–H groups in total. The molecule has 0 saturated carbocycles.